The molecule has 1 unspecified atom stereocenters. The molecule has 1 aliphatic heterocycles. The molecule has 36 heavy (non-hydrogen) atoms. The van der Waals surface area contributed by atoms with E-state index in [0.717, 1.165) is 54.6 Å². The van der Waals surface area contributed by atoms with Crippen LogP contribution >= 0.6 is 23.2 Å². The van der Waals surface area contributed by atoms with E-state index in [0.29, 0.717) is 16.5 Å². The smallest absolute Gasteiger partial charge is 0.238 e. The van der Waals surface area contributed by atoms with Crippen LogP contribution in [0.15, 0.2) is 72.8 Å². The third-order valence-corrected chi connectivity index (χ3v) is 8.07. The van der Waals surface area contributed by atoms with E-state index >= 15 is 0 Å². The Balaban J connectivity index is 1.56. The third kappa shape index (κ3) is 4.63. The van der Waals surface area contributed by atoms with Gasteiger partial charge < -0.3 is 16.0 Å². The van der Waals surface area contributed by atoms with Crippen LogP contribution in [-0.4, -0.2) is 23.9 Å². The molecule has 3 aromatic rings. The first-order valence-corrected chi connectivity index (χ1v) is 13.1. The van der Waals surface area contributed by atoms with Crippen molar-refractivity contribution in [1.29, 1.82) is 0 Å². The topological polar surface area (TPSA) is 70.2 Å². The summed E-state index contributed by atoms with van der Waals surface area (Å²) in [4.78, 5) is 27.0. The highest BCUT2D eigenvalue weighted by atomic mass is 35.5. The first kappa shape index (κ1) is 24.8. The predicted octanol–water partition coefficient (Wildman–Crippen LogP) is 6.36. The number of amides is 2. The van der Waals surface area contributed by atoms with Gasteiger partial charge in [0.05, 0.1) is 12.0 Å². The maximum atomic E-state index is 14.1. The third-order valence-electron chi connectivity index (χ3n) is 7.60. The molecule has 1 fully saturated rings. The lowest BCUT2D eigenvalue weighted by molar-refractivity contribution is -0.126. The first-order chi connectivity index (χ1) is 17.4. The largest absolute Gasteiger partial charge is 0.325 e. The molecule has 1 heterocycles. The van der Waals surface area contributed by atoms with Gasteiger partial charge in [0.25, 0.3) is 0 Å². The minimum absolute atomic E-state index is 0.0717. The van der Waals surface area contributed by atoms with Crippen molar-refractivity contribution < 1.29 is 9.59 Å². The molecule has 5 rings (SSSR count). The van der Waals surface area contributed by atoms with Crippen molar-refractivity contribution in [3.8, 4) is 0 Å². The Labute approximate surface area is 221 Å². The number of carbonyl (C=O) groups excluding carboxylic acids is 2. The number of hydrogen-bond donors (Lipinski definition) is 3. The minimum Gasteiger partial charge on any atom is -0.325 e. The molecule has 2 aliphatic rings. The lowest BCUT2D eigenvalue weighted by Crippen LogP contribution is -2.66. The van der Waals surface area contributed by atoms with E-state index in [9.17, 15) is 9.59 Å². The van der Waals surface area contributed by atoms with Gasteiger partial charge in [0.1, 0.15) is 0 Å². The summed E-state index contributed by atoms with van der Waals surface area (Å²) >= 11 is 12.7. The predicted molar refractivity (Wildman–Crippen MR) is 146 cm³/mol. The van der Waals surface area contributed by atoms with Crippen LogP contribution in [0.3, 0.4) is 0 Å². The van der Waals surface area contributed by atoms with Gasteiger partial charge in [0, 0.05) is 27.0 Å². The molecule has 1 saturated carbocycles. The second-order valence-corrected chi connectivity index (χ2v) is 10.6. The van der Waals surface area contributed by atoms with Crippen LogP contribution in [0.1, 0.15) is 43.2 Å². The molecule has 1 aliphatic carbocycles. The number of hydrogen-bond acceptors (Lipinski definition) is 3. The fraction of sp³-hybridized carbons (Fsp3) is 0.310. The molecule has 7 heteroatoms. The summed E-state index contributed by atoms with van der Waals surface area (Å²) < 4.78 is 0. The molecular formula is C29H29Cl2N3O2. The van der Waals surface area contributed by atoms with E-state index in [1.165, 1.54) is 0 Å². The van der Waals surface area contributed by atoms with Crippen molar-refractivity contribution >= 4 is 46.4 Å². The van der Waals surface area contributed by atoms with Crippen molar-refractivity contribution in [2.24, 2.45) is 0 Å². The van der Waals surface area contributed by atoms with Crippen LogP contribution in [0.5, 0.6) is 0 Å². The van der Waals surface area contributed by atoms with Crippen molar-refractivity contribution in [3.63, 3.8) is 0 Å². The van der Waals surface area contributed by atoms with Crippen LogP contribution in [0, 0.1) is 0 Å². The van der Waals surface area contributed by atoms with E-state index in [1.54, 1.807) is 0 Å². The number of benzene rings is 3. The molecular weight excluding hydrogens is 493 g/mol. The van der Waals surface area contributed by atoms with Gasteiger partial charge in [0.2, 0.25) is 11.8 Å². The summed E-state index contributed by atoms with van der Waals surface area (Å²) in [7, 11) is 0. The molecule has 2 amide bonds. The van der Waals surface area contributed by atoms with Crippen LogP contribution in [0.25, 0.3) is 0 Å². The van der Waals surface area contributed by atoms with Gasteiger partial charge in [-0.25, -0.2) is 0 Å². The molecule has 0 radical (unpaired) electrons. The summed E-state index contributed by atoms with van der Waals surface area (Å²) in [6.45, 7) is 0.0996. The molecule has 186 valence electrons. The zero-order valence-electron chi connectivity index (χ0n) is 20.0. The highest BCUT2D eigenvalue weighted by Gasteiger charge is 2.60. The molecule has 0 saturated heterocycles. The average molecular weight is 522 g/mol. The van der Waals surface area contributed by atoms with Crippen LogP contribution in [0.2, 0.25) is 10.0 Å². The monoisotopic (exact) mass is 521 g/mol. The standard InChI is InChI=1S/C29H29Cl2N3O2/c30-21-9-7-8-20(16-21)18-29(24-13-12-22(31)17-25(24)34-27(29)36)28(14-5-2-6-15-28)32-19-26(35)33-23-10-3-1-4-11-23/h1,3-4,7-13,16-17,32H,2,5-6,14-15,18-19H2,(H,33,35)(H,34,36). The number of nitrogens with one attached hydrogen (secondary N) is 3. The average Bonchev–Trinajstić information content (AvgIpc) is 3.15. The highest BCUT2D eigenvalue weighted by molar-refractivity contribution is 6.31. The summed E-state index contributed by atoms with van der Waals surface area (Å²) in [6, 6.07) is 22.7. The number of rotatable bonds is 7. The normalized spacial score (nSPS) is 20.4. The number of carbonyl (C=O) groups is 2. The Morgan fingerprint density at radius 3 is 2.39 bits per heavy atom. The number of para-hydroxylation sites is 1. The SMILES string of the molecule is O=C(CNC1(C2(Cc3cccc(Cl)c3)C(=O)Nc3cc(Cl)ccc32)CCCCC1)Nc1ccccc1. The van der Waals surface area contributed by atoms with Gasteiger partial charge in [-0.05, 0) is 66.8 Å². The van der Waals surface area contributed by atoms with Crippen LogP contribution in [0.4, 0.5) is 11.4 Å². The minimum atomic E-state index is -0.926. The lowest BCUT2D eigenvalue weighted by atomic mass is 9.57. The van der Waals surface area contributed by atoms with E-state index in [2.05, 4.69) is 16.0 Å². The molecule has 5 nitrogen and oxygen atoms in total. The quantitative estimate of drug-likeness (QED) is 0.338. The number of fused-ring (bicyclic) bond motifs is 1. The van der Waals surface area contributed by atoms with Gasteiger partial charge in [-0.15, -0.1) is 0 Å². The Hall–Kier alpha value is -2.86. The molecule has 3 aromatic carbocycles. The lowest BCUT2D eigenvalue weighted by Gasteiger charge is -2.50. The van der Waals surface area contributed by atoms with Gasteiger partial charge >= 0.3 is 0 Å². The Kier molecular flexibility index (Phi) is 7.07. The molecule has 1 atom stereocenters. The molecule has 0 aromatic heterocycles. The second kappa shape index (κ2) is 10.3. The van der Waals surface area contributed by atoms with E-state index < -0.39 is 11.0 Å². The maximum Gasteiger partial charge on any atom is 0.238 e. The molecule has 3 N–H and O–H groups in total. The Bertz CT molecular complexity index is 1270. The fourth-order valence-corrected chi connectivity index (χ4v) is 6.39. The Morgan fingerprint density at radius 2 is 1.64 bits per heavy atom. The van der Waals surface area contributed by atoms with Gasteiger partial charge in [-0.2, -0.15) is 0 Å². The maximum absolute atomic E-state index is 14.1. The second-order valence-electron chi connectivity index (χ2n) is 9.77. The zero-order chi connectivity index (χ0) is 25.2. The highest BCUT2D eigenvalue weighted by Crippen LogP contribution is 2.53. The fourth-order valence-electron chi connectivity index (χ4n) is 6.00. The summed E-state index contributed by atoms with van der Waals surface area (Å²) in [6.07, 6.45) is 5.06. The van der Waals surface area contributed by atoms with Gasteiger partial charge in [-0.1, -0.05) is 78.9 Å². The molecule has 0 spiro atoms. The van der Waals surface area contributed by atoms with E-state index in [-0.39, 0.29) is 18.4 Å². The van der Waals surface area contributed by atoms with Crippen molar-refractivity contribution in [2.75, 3.05) is 17.2 Å². The van der Waals surface area contributed by atoms with Crippen LogP contribution in [-0.2, 0) is 21.4 Å². The Morgan fingerprint density at radius 1 is 0.889 bits per heavy atom. The van der Waals surface area contributed by atoms with Crippen LogP contribution < -0.4 is 16.0 Å². The summed E-state index contributed by atoms with van der Waals surface area (Å²) in [5, 5.41) is 10.9. The van der Waals surface area contributed by atoms with E-state index in [1.807, 2.05) is 72.8 Å². The zero-order valence-corrected chi connectivity index (χ0v) is 21.5. The first-order valence-electron chi connectivity index (χ1n) is 12.4. The van der Waals surface area contributed by atoms with Crippen molar-refractivity contribution in [3.05, 3.63) is 94.0 Å². The summed E-state index contributed by atoms with van der Waals surface area (Å²) in [5.41, 5.74) is 1.82. The van der Waals surface area contributed by atoms with E-state index in [4.69, 9.17) is 23.2 Å². The number of halogens is 2. The van der Waals surface area contributed by atoms with Gasteiger partial charge in [0.15, 0.2) is 0 Å². The van der Waals surface area contributed by atoms with Crippen molar-refractivity contribution in [1.82, 2.24) is 5.32 Å². The molecule has 0 bridgehead atoms. The number of anilines is 2. The van der Waals surface area contributed by atoms with Crippen molar-refractivity contribution in [2.45, 2.75) is 49.5 Å². The summed E-state index contributed by atoms with van der Waals surface area (Å²) in [5.74, 6) is -0.212. The van der Waals surface area contributed by atoms with Gasteiger partial charge in [-0.3, -0.25) is 9.59 Å².